The summed E-state index contributed by atoms with van der Waals surface area (Å²) < 4.78 is 6.53. The summed E-state index contributed by atoms with van der Waals surface area (Å²) in [7, 11) is 0. The lowest BCUT2D eigenvalue weighted by Gasteiger charge is -1.96. The number of aryl methyl sites for hydroxylation is 1. The summed E-state index contributed by atoms with van der Waals surface area (Å²) in [6.45, 7) is 2.56. The van der Waals surface area contributed by atoms with E-state index in [1.165, 1.54) is 0 Å². The Morgan fingerprint density at radius 1 is 1.54 bits per heavy atom. The maximum atomic E-state index is 11.3. The average molecular weight is 178 g/mol. The van der Waals surface area contributed by atoms with Gasteiger partial charge in [0.15, 0.2) is 0 Å². The quantitative estimate of drug-likeness (QED) is 0.667. The lowest BCUT2D eigenvalue weighted by molar-refractivity contribution is 0.270. The van der Waals surface area contributed by atoms with Crippen LogP contribution in [0.1, 0.15) is 6.92 Å². The van der Waals surface area contributed by atoms with Crippen molar-refractivity contribution in [1.29, 1.82) is 0 Å². The zero-order valence-corrected chi connectivity index (χ0v) is 7.28. The molecule has 0 aliphatic rings. The van der Waals surface area contributed by atoms with Crippen molar-refractivity contribution in [2.24, 2.45) is 0 Å². The second kappa shape index (κ2) is 2.65. The van der Waals surface area contributed by atoms with Crippen molar-refractivity contribution in [2.45, 2.75) is 13.5 Å². The van der Waals surface area contributed by atoms with E-state index in [0.717, 1.165) is 5.52 Å². The zero-order chi connectivity index (χ0) is 9.42. The van der Waals surface area contributed by atoms with Crippen LogP contribution >= 0.6 is 0 Å². The minimum absolute atomic E-state index is 0.329. The number of aromatic nitrogens is 1. The lowest BCUT2D eigenvalue weighted by atomic mass is 10.2. The minimum Gasteiger partial charge on any atom is -0.399 e. The van der Waals surface area contributed by atoms with E-state index < -0.39 is 0 Å². The first kappa shape index (κ1) is 7.91. The Balaban J connectivity index is 2.88. The Kier molecular flexibility index (Phi) is 1.62. The predicted molar refractivity (Wildman–Crippen MR) is 50.6 cm³/mol. The fourth-order valence-corrected chi connectivity index (χ4v) is 1.37. The lowest BCUT2D eigenvalue weighted by Crippen LogP contribution is -1.93. The first-order chi connectivity index (χ1) is 6.22. The molecule has 4 heteroatoms. The molecule has 0 atom stereocenters. The van der Waals surface area contributed by atoms with Crippen LogP contribution in [0.2, 0.25) is 0 Å². The van der Waals surface area contributed by atoms with Gasteiger partial charge in [0.25, 0.3) is 0 Å². The van der Waals surface area contributed by atoms with E-state index in [4.69, 9.17) is 10.3 Å². The van der Waals surface area contributed by atoms with E-state index in [0.29, 0.717) is 17.6 Å². The van der Waals surface area contributed by atoms with Crippen molar-refractivity contribution in [3.8, 4) is 0 Å². The maximum absolute atomic E-state index is 11.3. The van der Waals surface area contributed by atoms with Gasteiger partial charge < -0.3 is 10.3 Å². The number of fused-ring (bicyclic) bond motifs is 1. The van der Waals surface area contributed by atoms with Gasteiger partial charge in [-0.05, 0) is 25.1 Å². The zero-order valence-electron chi connectivity index (χ0n) is 7.28. The molecule has 2 rings (SSSR count). The van der Waals surface area contributed by atoms with Crippen molar-refractivity contribution in [2.75, 3.05) is 5.73 Å². The van der Waals surface area contributed by atoms with Gasteiger partial charge >= 0.3 is 5.63 Å². The molecule has 4 nitrogen and oxygen atoms in total. The molecule has 1 heterocycles. The van der Waals surface area contributed by atoms with Gasteiger partial charge in [-0.1, -0.05) is 0 Å². The standard InChI is InChI=1S/C9H10N2O2/c1-2-11-8-4-3-6(10)5-7(8)9(12)13-11/h3-5H,2,10H2,1H3. The number of hydrogen-bond acceptors (Lipinski definition) is 3. The molecule has 0 spiro atoms. The number of benzene rings is 1. The molecular weight excluding hydrogens is 168 g/mol. The highest BCUT2D eigenvalue weighted by Gasteiger charge is 2.06. The Morgan fingerprint density at radius 2 is 2.31 bits per heavy atom. The molecule has 0 radical (unpaired) electrons. The van der Waals surface area contributed by atoms with Crippen molar-refractivity contribution < 1.29 is 4.52 Å². The summed E-state index contributed by atoms with van der Waals surface area (Å²) in [5.74, 6) is 0. The van der Waals surface area contributed by atoms with E-state index in [1.54, 1.807) is 22.9 Å². The van der Waals surface area contributed by atoms with Crippen molar-refractivity contribution in [3.05, 3.63) is 28.6 Å². The molecular formula is C9H10N2O2. The summed E-state index contributed by atoms with van der Waals surface area (Å²) in [5, 5.41) is 0.543. The molecule has 0 amide bonds. The SMILES string of the molecule is CCn1oc(=O)c2cc(N)ccc21. The molecule has 0 unspecified atom stereocenters. The van der Waals surface area contributed by atoms with E-state index in [-0.39, 0.29) is 5.63 Å². The maximum Gasteiger partial charge on any atom is 0.365 e. The first-order valence-corrected chi connectivity index (χ1v) is 4.11. The molecule has 0 saturated carbocycles. The van der Waals surface area contributed by atoms with Crippen LogP contribution in [-0.2, 0) is 6.54 Å². The van der Waals surface area contributed by atoms with Crippen LogP contribution in [0, 0.1) is 0 Å². The van der Waals surface area contributed by atoms with Crippen LogP contribution in [0.3, 0.4) is 0 Å². The molecule has 68 valence electrons. The average Bonchev–Trinajstić information content (AvgIpc) is 2.43. The summed E-state index contributed by atoms with van der Waals surface area (Å²) in [4.78, 5) is 11.3. The molecule has 1 aromatic heterocycles. The van der Waals surface area contributed by atoms with Crippen LogP contribution in [0.5, 0.6) is 0 Å². The molecule has 13 heavy (non-hydrogen) atoms. The van der Waals surface area contributed by atoms with Crippen LogP contribution in [0.25, 0.3) is 10.9 Å². The molecule has 0 aliphatic heterocycles. The van der Waals surface area contributed by atoms with E-state index in [1.807, 2.05) is 6.92 Å². The van der Waals surface area contributed by atoms with E-state index >= 15 is 0 Å². The van der Waals surface area contributed by atoms with Gasteiger partial charge in [0, 0.05) is 5.69 Å². The van der Waals surface area contributed by atoms with Crippen LogP contribution in [-0.4, -0.2) is 4.74 Å². The van der Waals surface area contributed by atoms with Gasteiger partial charge in [0.2, 0.25) is 0 Å². The Morgan fingerprint density at radius 3 is 3.00 bits per heavy atom. The number of hydrogen-bond donors (Lipinski definition) is 1. The fraction of sp³-hybridized carbons (Fsp3) is 0.222. The minimum atomic E-state index is -0.329. The van der Waals surface area contributed by atoms with Gasteiger partial charge in [-0.15, -0.1) is 0 Å². The van der Waals surface area contributed by atoms with Gasteiger partial charge in [-0.25, -0.2) is 9.53 Å². The van der Waals surface area contributed by atoms with E-state index in [2.05, 4.69) is 0 Å². The third-order valence-electron chi connectivity index (χ3n) is 1.99. The second-order valence-electron chi connectivity index (χ2n) is 2.85. The second-order valence-corrected chi connectivity index (χ2v) is 2.85. The van der Waals surface area contributed by atoms with Crippen LogP contribution in [0.15, 0.2) is 27.5 Å². The van der Waals surface area contributed by atoms with Gasteiger partial charge in [0.1, 0.15) is 0 Å². The Bertz CT molecular complexity index is 496. The van der Waals surface area contributed by atoms with Crippen LogP contribution < -0.4 is 11.4 Å². The molecule has 1 aromatic carbocycles. The molecule has 0 aliphatic carbocycles. The highest BCUT2D eigenvalue weighted by molar-refractivity contribution is 5.81. The number of anilines is 1. The van der Waals surface area contributed by atoms with Gasteiger partial charge in [-0.3, -0.25) is 0 Å². The van der Waals surface area contributed by atoms with E-state index in [9.17, 15) is 4.79 Å². The third-order valence-corrected chi connectivity index (χ3v) is 1.99. The first-order valence-electron chi connectivity index (χ1n) is 4.11. The largest absolute Gasteiger partial charge is 0.399 e. The highest BCUT2D eigenvalue weighted by Crippen LogP contribution is 2.14. The van der Waals surface area contributed by atoms with Crippen LogP contribution in [0.4, 0.5) is 5.69 Å². The Labute approximate surface area is 74.5 Å². The fourth-order valence-electron chi connectivity index (χ4n) is 1.37. The summed E-state index contributed by atoms with van der Waals surface area (Å²) >= 11 is 0. The smallest absolute Gasteiger partial charge is 0.365 e. The molecule has 0 bridgehead atoms. The van der Waals surface area contributed by atoms with Crippen molar-refractivity contribution in [3.63, 3.8) is 0 Å². The van der Waals surface area contributed by atoms with Gasteiger partial charge in [0.05, 0.1) is 17.4 Å². The number of nitrogens with zero attached hydrogens (tertiary/aromatic N) is 1. The summed E-state index contributed by atoms with van der Waals surface area (Å²) in [5.41, 5.74) is 6.59. The molecule has 0 fully saturated rings. The Hall–Kier alpha value is -1.71. The normalized spacial score (nSPS) is 10.8. The number of rotatable bonds is 1. The summed E-state index contributed by atoms with van der Waals surface area (Å²) in [6, 6.07) is 5.18. The van der Waals surface area contributed by atoms with Gasteiger partial charge in [-0.2, -0.15) is 0 Å². The summed E-state index contributed by atoms with van der Waals surface area (Å²) in [6.07, 6.45) is 0. The predicted octanol–water partition coefficient (Wildman–Crippen LogP) is 1.20. The number of nitrogens with two attached hydrogens (primary N) is 1. The topological polar surface area (TPSA) is 61.2 Å². The molecule has 2 N–H and O–H groups in total. The number of nitrogen functional groups attached to an aromatic ring is 1. The van der Waals surface area contributed by atoms with Crippen molar-refractivity contribution in [1.82, 2.24) is 4.74 Å². The third kappa shape index (κ3) is 1.11. The highest BCUT2D eigenvalue weighted by atomic mass is 16.5. The monoisotopic (exact) mass is 178 g/mol. The molecule has 0 saturated heterocycles. The molecule has 2 aromatic rings. The van der Waals surface area contributed by atoms with Crippen molar-refractivity contribution >= 4 is 16.6 Å².